The number of aromatic nitrogens is 3. The summed E-state index contributed by atoms with van der Waals surface area (Å²) in [5.74, 6) is 0.583. The number of aryl methyl sites for hydroxylation is 1. The first-order valence-corrected chi connectivity index (χ1v) is 8.26. The van der Waals surface area contributed by atoms with E-state index >= 15 is 0 Å². The molecule has 9 heteroatoms. The van der Waals surface area contributed by atoms with Crippen LogP contribution in [-0.2, 0) is 10.0 Å². The number of imidazole rings is 1. The lowest BCUT2D eigenvalue weighted by Crippen LogP contribution is -2.29. The zero-order valence-corrected chi connectivity index (χ0v) is 12.7. The van der Waals surface area contributed by atoms with Crippen molar-refractivity contribution in [2.45, 2.75) is 30.5 Å². The molecular weight excluding hydrogens is 308 g/mol. The normalized spacial score (nSPS) is 13.6. The maximum Gasteiger partial charge on any atom is 0.252 e. The summed E-state index contributed by atoms with van der Waals surface area (Å²) in [6, 6.07) is -0.403. The quantitative estimate of drug-likeness (QED) is 0.884. The highest BCUT2D eigenvalue weighted by Gasteiger charge is 2.26. The number of rotatable bonds is 5. The fourth-order valence-electron chi connectivity index (χ4n) is 1.64. The molecule has 0 aliphatic heterocycles. The number of nitrogens with zero attached hydrogens (tertiary/aromatic N) is 2. The Hall–Kier alpha value is -0.960. The summed E-state index contributed by atoms with van der Waals surface area (Å²) in [6.45, 7) is 3.49. The van der Waals surface area contributed by atoms with Crippen LogP contribution in [0.15, 0.2) is 16.6 Å². The molecule has 1 atom stereocenters. The molecule has 0 aliphatic carbocycles. The van der Waals surface area contributed by atoms with E-state index in [2.05, 4.69) is 19.7 Å². The first-order valence-electron chi connectivity index (χ1n) is 5.58. The van der Waals surface area contributed by atoms with Crippen LogP contribution >= 0.6 is 22.9 Å². The summed E-state index contributed by atoms with van der Waals surface area (Å²) in [5, 5.41) is 0. The number of thiazole rings is 1. The third-order valence-corrected chi connectivity index (χ3v) is 5.87. The largest absolute Gasteiger partial charge is 0.347 e. The zero-order valence-electron chi connectivity index (χ0n) is 10.3. The molecule has 2 heterocycles. The van der Waals surface area contributed by atoms with Crippen LogP contribution in [0.2, 0.25) is 4.47 Å². The summed E-state index contributed by atoms with van der Waals surface area (Å²) in [6.07, 6.45) is 3.82. The van der Waals surface area contributed by atoms with Gasteiger partial charge < -0.3 is 4.98 Å². The van der Waals surface area contributed by atoms with Crippen LogP contribution in [0.4, 0.5) is 0 Å². The van der Waals surface area contributed by atoms with Gasteiger partial charge in [-0.1, -0.05) is 29.9 Å². The molecule has 0 bridgehead atoms. The van der Waals surface area contributed by atoms with Gasteiger partial charge in [-0.05, 0) is 13.3 Å². The molecule has 0 saturated carbocycles. The Morgan fingerprint density at radius 1 is 1.58 bits per heavy atom. The fraction of sp³-hybridized carbons (Fsp3) is 0.400. The van der Waals surface area contributed by atoms with E-state index < -0.39 is 16.1 Å². The molecule has 1 unspecified atom stereocenters. The number of nitrogens with one attached hydrogen (secondary N) is 2. The standard InChI is InChI=1S/C10H13ClN4O2S2/c1-3-7(8-12-4-5-13-8)15-19(16,17)9-6(2)14-10(11)18-9/h4-5,7,15H,3H2,1-2H3,(H,12,13). The van der Waals surface area contributed by atoms with E-state index in [9.17, 15) is 8.42 Å². The van der Waals surface area contributed by atoms with Crippen LogP contribution in [-0.4, -0.2) is 23.4 Å². The summed E-state index contributed by atoms with van der Waals surface area (Å²) < 4.78 is 27.5. The van der Waals surface area contributed by atoms with E-state index in [1.165, 1.54) is 0 Å². The Kier molecular flexibility index (Phi) is 4.24. The van der Waals surface area contributed by atoms with Crippen LogP contribution in [0.5, 0.6) is 0 Å². The molecule has 0 radical (unpaired) electrons. The first kappa shape index (κ1) is 14.4. The lowest BCUT2D eigenvalue weighted by molar-refractivity contribution is 0.540. The fourth-order valence-corrected chi connectivity index (χ4v) is 4.68. The van der Waals surface area contributed by atoms with E-state index in [0.717, 1.165) is 11.3 Å². The van der Waals surface area contributed by atoms with E-state index in [0.29, 0.717) is 17.9 Å². The van der Waals surface area contributed by atoms with E-state index in [1.807, 2.05) is 6.92 Å². The number of hydrogen-bond donors (Lipinski definition) is 2. The third kappa shape index (κ3) is 3.14. The molecule has 0 aliphatic rings. The molecule has 19 heavy (non-hydrogen) atoms. The van der Waals surface area contributed by atoms with Gasteiger partial charge >= 0.3 is 0 Å². The minimum Gasteiger partial charge on any atom is -0.347 e. The lowest BCUT2D eigenvalue weighted by atomic mass is 10.2. The van der Waals surface area contributed by atoms with Crippen molar-refractivity contribution in [1.82, 2.24) is 19.7 Å². The molecule has 2 N–H and O–H groups in total. The summed E-state index contributed by atoms with van der Waals surface area (Å²) in [5.41, 5.74) is 0.400. The van der Waals surface area contributed by atoms with Crippen LogP contribution in [0.1, 0.15) is 30.9 Å². The van der Waals surface area contributed by atoms with E-state index in [4.69, 9.17) is 11.6 Å². The minimum atomic E-state index is -3.65. The smallest absolute Gasteiger partial charge is 0.252 e. The lowest BCUT2D eigenvalue weighted by Gasteiger charge is -2.14. The molecule has 6 nitrogen and oxygen atoms in total. The van der Waals surface area contributed by atoms with Crippen LogP contribution in [0.25, 0.3) is 0 Å². The van der Waals surface area contributed by atoms with Crippen molar-refractivity contribution < 1.29 is 8.42 Å². The van der Waals surface area contributed by atoms with Crippen molar-refractivity contribution in [2.24, 2.45) is 0 Å². The molecule has 0 fully saturated rings. The van der Waals surface area contributed by atoms with Crippen molar-refractivity contribution in [3.05, 3.63) is 28.4 Å². The number of sulfonamides is 1. The highest BCUT2D eigenvalue weighted by Crippen LogP contribution is 2.28. The molecule has 2 rings (SSSR count). The number of aromatic amines is 1. The highest BCUT2D eigenvalue weighted by molar-refractivity contribution is 7.91. The average Bonchev–Trinajstić information content (AvgIpc) is 2.96. The second-order valence-electron chi connectivity index (χ2n) is 3.90. The highest BCUT2D eigenvalue weighted by atomic mass is 35.5. The topological polar surface area (TPSA) is 87.7 Å². The Morgan fingerprint density at radius 2 is 2.32 bits per heavy atom. The van der Waals surface area contributed by atoms with Crippen LogP contribution in [0.3, 0.4) is 0 Å². The van der Waals surface area contributed by atoms with Gasteiger partial charge in [0.1, 0.15) is 5.82 Å². The van der Waals surface area contributed by atoms with Crippen molar-refractivity contribution >= 4 is 33.0 Å². The van der Waals surface area contributed by atoms with Crippen molar-refractivity contribution in [2.75, 3.05) is 0 Å². The number of halogens is 1. The van der Waals surface area contributed by atoms with Gasteiger partial charge in [0.05, 0.1) is 11.7 Å². The Bertz CT molecular complexity index is 651. The Morgan fingerprint density at radius 3 is 2.79 bits per heavy atom. The van der Waals surface area contributed by atoms with Crippen molar-refractivity contribution in [1.29, 1.82) is 0 Å². The summed E-state index contributed by atoms with van der Waals surface area (Å²) in [4.78, 5) is 10.9. The van der Waals surface area contributed by atoms with Gasteiger partial charge in [-0.15, -0.1) is 0 Å². The molecular formula is C10H13ClN4O2S2. The molecule has 0 amide bonds. The maximum atomic E-state index is 12.3. The molecule has 0 aromatic carbocycles. The second kappa shape index (κ2) is 5.58. The van der Waals surface area contributed by atoms with Gasteiger partial charge in [-0.2, -0.15) is 4.72 Å². The van der Waals surface area contributed by atoms with Crippen LogP contribution in [0, 0.1) is 6.92 Å². The minimum absolute atomic E-state index is 0.141. The molecule has 0 spiro atoms. The van der Waals surface area contributed by atoms with Gasteiger partial charge in [0, 0.05) is 12.4 Å². The molecule has 0 saturated heterocycles. The van der Waals surface area contributed by atoms with E-state index in [-0.39, 0.29) is 8.68 Å². The predicted molar refractivity (Wildman–Crippen MR) is 73.8 cm³/mol. The van der Waals surface area contributed by atoms with Crippen molar-refractivity contribution in [3.63, 3.8) is 0 Å². The Balaban J connectivity index is 2.28. The van der Waals surface area contributed by atoms with Gasteiger partial charge in [0.25, 0.3) is 10.0 Å². The molecule has 2 aromatic heterocycles. The van der Waals surface area contributed by atoms with E-state index in [1.54, 1.807) is 19.3 Å². The second-order valence-corrected chi connectivity index (χ2v) is 7.39. The van der Waals surface area contributed by atoms with Crippen molar-refractivity contribution in [3.8, 4) is 0 Å². The van der Waals surface area contributed by atoms with Gasteiger partial charge in [0.15, 0.2) is 8.68 Å². The predicted octanol–water partition coefficient (Wildman–Crippen LogP) is 2.26. The summed E-state index contributed by atoms with van der Waals surface area (Å²) >= 11 is 6.68. The van der Waals surface area contributed by atoms with Gasteiger partial charge in [-0.3, -0.25) is 0 Å². The zero-order chi connectivity index (χ0) is 14.0. The van der Waals surface area contributed by atoms with Gasteiger partial charge in [-0.25, -0.2) is 18.4 Å². The Labute approximate surface area is 120 Å². The average molecular weight is 321 g/mol. The first-order chi connectivity index (χ1) is 8.94. The number of H-pyrrole nitrogens is 1. The van der Waals surface area contributed by atoms with Crippen LogP contribution < -0.4 is 4.72 Å². The molecule has 2 aromatic rings. The third-order valence-electron chi connectivity index (χ3n) is 2.53. The SMILES string of the molecule is CCC(NS(=O)(=O)c1sc(Cl)nc1C)c1ncc[nH]1. The van der Waals surface area contributed by atoms with Gasteiger partial charge in [0.2, 0.25) is 0 Å². The summed E-state index contributed by atoms with van der Waals surface area (Å²) in [7, 11) is -3.65. The maximum absolute atomic E-state index is 12.3. The monoisotopic (exact) mass is 320 g/mol. The molecule has 104 valence electrons. The number of hydrogen-bond acceptors (Lipinski definition) is 5.